The van der Waals surface area contributed by atoms with E-state index in [9.17, 15) is 0 Å². The summed E-state index contributed by atoms with van der Waals surface area (Å²) in [6.07, 6.45) is 8.58. The summed E-state index contributed by atoms with van der Waals surface area (Å²) in [4.78, 5) is 2.53. The van der Waals surface area contributed by atoms with E-state index >= 15 is 0 Å². The Morgan fingerprint density at radius 2 is 1.79 bits per heavy atom. The number of benzene rings is 1. The van der Waals surface area contributed by atoms with Crippen LogP contribution in [0.15, 0.2) is 22.7 Å². The average molecular weight is 343 g/mol. The number of hydrogen-bond donors (Lipinski definition) is 0. The second-order valence-electron chi connectivity index (χ2n) is 6.11. The van der Waals surface area contributed by atoms with Crippen LogP contribution >= 0.6 is 27.5 Å². The van der Waals surface area contributed by atoms with Gasteiger partial charge in [-0.15, -0.1) is 11.6 Å². The third kappa shape index (κ3) is 2.80. The summed E-state index contributed by atoms with van der Waals surface area (Å²) < 4.78 is 1.19. The van der Waals surface area contributed by atoms with Crippen molar-refractivity contribution in [3.8, 4) is 0 Å². The number of halogens is 2. The molecule has 104 valence electrons. The van der Waals surface area contributed by atoms with E-state index < -0.39 is 0 Å². The van der Waals surface area contributed by atoms with Crippen molar-refractivity contribution in [1.82, 2.24) is 0 Å². The molecule has 1 heterocycles. The van der Waals surface area contributed by atoms with Gasteiger partial charge in [0.2, 0.25) is 0 Å². The third-order valence-corrected chi connectivity index (χ3v) is 5.94. The molecule has 1 aromatic rings. The lowest BCUT2D eigenvalue weighted by atomic mass is 9.77. The molecule has 1 spiro atoms. The zero-order valence-corrected chi connectivity index (χ0v) is 13.6. The zero-order valence-electron chi connectivity index (χ0n) is 11.3. The maximum Gasteiger partial charge on any atom is 0.0510 e. The van der Waals surface area contributed by atoms with Gasteiger partial charge in [-0.05, 0) is 64.7 Å². The Hall–Kier alpha value is -0.210. The van der Waals surface area contributed by atoms with Crippen LogP contribution in [0.1, 0.15) is 44.1 Å². The molecule has 0 bridgehead atoms. The van der Waals surface area contributed by atoms with Crippen LogP contribution in [0.4, 0.5) is 5.69 Å². The first-order chi connectivity index (χ1) is 9.22. The molecular weight excluding hydrogens is 322 g/mol. The molecule has 1 saturated heterocycles. The van der Waals surface area contributed by atoms with Gasteiger partial charge >= 0.3 is 0 Å². The minimum Gasteiger partial charge on any atom is -0.371 e. The standard InChI is InChI=1S/C16H21BrClN/c17-14-11-13(12-18)3-4-15(14)19-9-7-16(8-10-19)5-1-2-6-16/h3-4,11H,1-2,5-10,12H2. The molecule has 2 aliphatic rings. The lowest BCUT2D eigenvalue weighted by molar-refractivity contribution is 0.226. The molecule has 0 amide bonds. The van der Waals surface area contributed by atoms with Crippen molar-refractivity contribution in [2.75, 3.05) is 18.0 Å². The number of nitrogens with zero attached hydrogens (tertiary/aromatic N) is 1. The van der Waals surface area contributed by atoms with Crippen molar-refractivity contribution in [2.24, 2.45) is 5.41 Å². The Labute approximate surface area is 129 Å². The van der Waals surface area contributed by atoms with Crippen LogP contribution in [-0.4, -0.2) is 13.1 Å². The van der Waals surface area contributed by atoms with Crippen LogP contribution < -0.4 is 4.90 Å². The van der Waals surface area contributed by atoms with E-state index in [1.165, 1.54) is 67.3 Å². The maximum absolute atomic E-state index is 5.88. The van der Waals surface area contributed by atoms with E-state index in [0.29, 0.717) is 11.3 Å². The second-order valence-corrected chi connectivity index (χ2v) is 7.24. The van der Waals surface area contributed by atoms with E-state index in [1.807, 2.05) is 0 Å². The lowest BCUT2D eigenvalue weighted by Crippen LogP contribution is -2.39. The van der Waals surface area contributed by atoms with Gasteiger partial charge in [0.15, 0.2) is 0 Å². The molecule has 0 atom stereocenters. The molecule has 0 N–H and O–H groups in total. The van der Waals surface area contributed by atoms with Crippen molar-refractivity contribution in [1.29, 1.82) is 0 Å². The quantitative estimate of drug-likeness (QED) is 0.655. The van der Waals surface area contributed by atoms with E-state index in [0.717, 1.165) is 0 Å². The van der Waals surface area contributed by atoms with Gasteiger partial charge in [0, 0.05) is 23.4 Å². The Morgan fingerprint density at radius 1 is 1.11 bits per heavy atom. The Kier molecular flexibility index (Phi) is 4.09. The highest BCUT2D eigenvalue weighted by molar-refractivity contribution is 9.10. The number of rotatable bonds is 2. The summed E-state index contributed by atoms with van der Waals surface area (Å²) in [6, 6.07) is 6.52. The van der Waals surface area contributed by atoms with Crippen LogP contribution in [-0.2, 0) is 5.88 Å². The first-order valence-corrected chi connectivity index (χ1v) is 8.65. The van der Waals surface area contributed by atoms with Crippen molar-refractivity contribution >= 4 is 33.2 Å². The minimum absolute atomic E-state index is 0.585. The monoisotopic (exact) mass is 341 g/mol. The van der Waals surface area contributed by atoms with Crippen LogP contribution in [0, 0.1) is 5.41 Å². The van der Waals surface area contributed by atoms with Crippen LogP contribution in [0.25, 0.3) is 0 Å². The molecule has 0 aromatic heterocycles. The molecule has 1 aromatic carbocycles. The maximum atomic E-state index is 5.88. The summed E-state index contributed by atoms with van der Waals surface area (Å²) in [6.45, 7) is 2.41. The fourth-order valence-corrected chi connectivity index (χ4v) is 4.58. The first kappa shape index (κ1) is 13.8. The number of piperidine rings is 1. The van der Waals surface area contributed by atoms with Crippen molar-refractivity contribution in [2.45, 2.75) is 44.4 Å². The van der Waals surface area contributed by atoms with Gasteiger partial charge < -0.3 is 4.90 Å². The SMILES string of the molecule is ClCc1ccc(N2CCC3(CCCC3)CC2)c(Br)c1. The Morgan fingerprint density at radius 3 is 2.37 bits per heavy atom. The van der Waals surface area contributed by atoms with Gasteiger partial charge in [0.25, 0.3) is 0 Å². The molecule has 2 fully saturated rings. The molecule has 1 nitrogen and oxygen atoms in total. The van der Waals surface area contributed by atoms with Gasteiger partial charge in [-0.3, -0.25) is 0 Å². The molecule has 19 heavy (non-hydrogen) atoms. The van der Waals surface area contributed by atoms with Crippen molar-refractivity contribution < 1.29 is 0 Å². The van der Waals surface area contributed by atoms with E-state index in [-0.39, 0.29) is 0 Å². The van der Waals surface area contributed by atoms with Crippen LogP contribution in [0.2, 0.25) is 0 Å². The largest absolute Gasteiger partial charge is 0.371 e. The van der Waals surface area contributed by atoms with Crippen molar-refractivity contribution in [3.05, 3.63) is 28.2 Å². The van der Waals surface area contributed by atoms with E-state index in [2.05, 4.69) is 39.0 Å². The number of alkyl halides is 1. The summed E-state index contributed by atoms with van der Waals surface area (Å²) >= 11 is 9.58. The third-order valence-electron chi connectivity index (χ3n) is 5.00. The van der Waals surface area contributed by atoms with Crippen molar-refractivity contribution in [3.63, 3.8) is 0 Å². The summed E-state index contributed by atoms with van der Waals surface area (Å²) in [5, 5.41) is 0. The molecule has 1 aliphatic heterocycles. The van der Waals surface area contributed by atoms with E-state index in [4.69, 9.17) is 11.6 Å². The number of hydrogen-bond acceptors (Lipinski definition) is 1. The minimum atomic E-state index is 0.585. The highest BCUT2D eigenvalue weighted by atomic mass is 79.9. The zero-order chi connectivity index (χ0) is 13.3. The Bertz CT molecular complexity index is 444. The second kappa shape index (κ2) is 5.65. The summed E-state index contributed by atoms with van der Waals surface area (Å²) in [7, 11) is 0. The molecule has 1 aliphatic carbocycles. The predicted octanol–water partition coefficient (Wildman–Crippen LogP) is 5.35. The molecule has 1 saturated carbocycles. The molecule has 0 unspecified atom stereocenters. The summed E-state index contributed by atoms with van der Waals surface area (Å²) in [5.74, 6) is 0.585. The normalized spacial score (nSPS) is 22.1. The molecular formula is C16H21BrClN. The van der Waals surface area contributed by atoms with Gasteiger partial charge in [-0.1, -0.05) is 18.9 Å². The fraction of sp³-hybridized carbons (Fsp3) is 0.625. The highest BCUT2D eigenvalue weighted by Crippen LogP contribution is 2.47. The van der Waals surface area contributed by atoms with Gasteiger partial charge in [-0.25, -0.2) is 0 Å². The van der Waals surface area contributed by atoms with Crippen LogP contribution in [0.5, 0.6) is 0 Å². The highest BCUT2D eigenvalue weighted by Gasteiger charge is 2.37. The lowest BCUT2D eigenvalue weighted by Gasteiger charge is -2.40. The van der Waals surface area contributed by atoms with Gasteiger partial charge in [0.1, 0.15) is 0 Å². The number of anilines is 1. The summed E-state index contributed by atoms with van der Waals surface area (Å²) in [5.41, 5.74) is 3.21. The smallest absolute Gasteiger partial charge is 0.0510 e. The van der Waals surface area contributed by atoms with Crippen LogP contribution in [0.3, 0.4) is 0 Å². The molecule has 3 rings (SSSR count). The van der Waals surface area contributed by atoms with Gasteiger partial charge in [0.05, 0.1) is 5.69 Å². The van der Waals surface area contributed by atoms with E-state index in [1.54, 1.807) is 0 Å². The topological polar surface area (TPSA) is 3.24 Å². The predicted molar refractivity (Wildman–Crippen MR) is 86.0 cm³/mol. The average Bonchev–Trinajstić information content (AvgIpc) is 2.88. The Balaban J connectivity index is 1.71. The fourth-order valence-electron chi connectivity index (χ4n) is 3.74. The molecule has 3 heteroatoms. The van der Waals surface area contributed by atoms with Gasteiger partial charge in [-0.2, -0.15) is 0 Å². The first-order valence-electron chi connectivity index (χ1n) is 7.32. The molecule has 0 radical (unpaired) electrons.